The van der Waals surface area contributed by atoms with E-state index in [1.807, 2.05) is 4.90 Å². The third-order valence-electron chi connectivity index (χ3n) is 4.23. The van der Waals surface area contributed by atoms with Crippen molar-refractivity contribution in [1.82, 2.24) is 15.3 Å². The molecule has 1 saturated heterocycles. The maximum absolute atomic E-state index is 11.8. The van der Waals surface area contributed by atoms with Crippen LogP contribution in [0, 0.1) is 5.92 Å². The topological polar surface area (TPSA) is 78.4 Å². The second kappa shape index (κ2) is 5.36. The second-order valence-corrected chi connectivity index (χ2v) is 5.79. The molecule has 1 aliphatic carbocycles. The first-order chi connectivity index (χ1) is 9.66. The van der Waals surface area contributed by atoms with Crippen LogP contribution < -0.4 is 10.2 Å². The maximum atomic E-state index is 11.8. The van der Waals surface area contributed by atoms with E-state index in [-0.39, 0.29) is 11.8 Å². The first-order valence-corrected chi connectivity index (χ1v) is 7.18. The van der Waals surface area contributed by atoms with Gasteiger partial charge in [0.25, 0.3) is 0 Å². The average molecular weight is 276 g/mol. The molecular formula is C14H20N4O2. The molecule has 6 nitrogen and oxygen atoms in total. The van der Waals surface area contributed by atoms with Gasteiger partial charge in [0.1, 0.15) is 5.60 Å². The lowest BCUT2D eigenvalue weighted by Gasteiger charge is -2.28. The summed E-state index contributed by atoms with van der Waals surface area (Å²) in [5.41, 5.74) is -0.876. The molecule has 1 aromatic rings. The Morgan fingerprint density at radius 3 is 2.85 bits per heavy atom. The third kappa shape index (κ3) is 2.75. The Morgan fingerprint density at radius 2 is 2.20 bits per heavy atom. The third-order valence-corrected chi connectivity index (χ3v) is 4.23. The van der Waals surface area contributed by atoms with Gasteiger partial charge in [0.2, 0.25) is 11.9 Å². The fourth-order valence-electron chi connectivity index (χ4n) is 2.69. The van der Waals surface area contributed by atoms with Crippen molar-refractivity contribution in [3.8, 4) is 0 Å². The van der Waals surface area contributed by atoms with Gasteiger partial charge in [0, 0.05) is 31.4 Å². The van der Waals surface area contributed by atoms with Crippen LogP contribution in [0.15, 0.2) is 18.5 Å². The van der Waals surface area contributed by atoms with Crippen LogP contribution in [0.1, 0.15) is 25.7 Å². The molecule has 1 amide bonds. The number of hydrogen-bond donors (Lipinski definition) is 2. The minimum absolute atomic E-state index is 0.0825. The molecule has 2 N–H and O–H groups in total. The number of amides is 1. The van der Waals surface area contributed by atoms with Gasteiger partial charge in [-0.2, -0.15) is 0 Å². The fourth-order valence-corrected chi connectivity index (χ4v) is 2.69. The summed E-state index contributed by atoms with van der Waals surface area (Å²) in [5, 5.41) is 13.4. The van der Waals surface area contributed by atoms with Crippen LogP contribution in [0.3, 0.4) is 0 Å². The number of carbonyl (C=O) groups excluding carboxylic acids is 1. The van der Waals surface area contributed by atoms with E-state index in [4.69, 9.17) is 0 Å². The summed E-state index contributed by atoms with van der Waals surface area (Å²) in [6, 6.07) is 1.77. The predicted octanol–water partition coefficient (Wildman–Crippen LogP) is 0.334. The van der Waals surface area contributed by atoms with Crippen LogP contribution in [0.5, 0.6) is 0 Å². The number of aliphatic hydroxyl groups is 1. The van der Waals surface area contributed by atoms with Crippen molar-refractivity contribution in [2.45, 2.75) is 31.3 Å². The lowest BCUT2D eigenvalue weighted by atomic mass is 9.84. The van der Waals surface area contributed by atoms with Crippen LogP contribution in [0.2, 0.25) is 0 Å². The van der Waals surface area contributed by atoms with Crippen molar-refractivity contribution in [3.05, 3.63) is 18.5 Å². The quantitative estimate of drug-likeness (QED) is 0.829. The molecule has 1 aliphatic heterocycles. The number of hydrogen-bond acceptors (Lipinski definition) is 5. The lowest BCUT2D eigenvalue weighted by Crippen LogP contribution is -2.47. The second-order valence-electron chi connectivity index (χ2n) is 5.79. The highest BCUT2D eigenvalue weighted by atomic mass is 16.3. The van der Waals surface area contributed by atoms with Gasteiger partial charge in [-0.25, -0.2) is 9.97 Å². The van der Waals surface area contributed by atoms with Crippen molar-refractivity contribution < 1.29 is 9.90 Å². The van der Waals surface area contributed by atoms with Crippen LogP contribution in [-0.4, -0.2) is 46.2 Å². The zero-order valence-corrected chi connectivity index (χ0v) is 11.5. The minimum atomic E-state index is -0.876. The largest absolute Gasteiger partial charge is 0.386 e. The zero-order valence-electron chi connectivity index (χ0n) is 11.5. The molecule has 1 saturated carbocycles. The summed E-state index contributed by atoms with van der Waals surface area (Å²) in [4.78, 5) is 22.1. The highest BCUT2D eigenvalue weighted by molar-refractivity contribution is 5.79. The van der Waals surface area contributed by atoms with Gasteiger partial charge in [-0.05, 0) is 25.3 Å². The molecule has 1 unspecified atom stereocenters. The van der Waals surface area contributed by atoms with Crippen molar-refractivity contribution in [1.29, 1.82) is 0 Å². The summed E-state index contributed by atoms with van der Waals surface area (Å²) in [5.74, 6) is 0.876. The zero-order chi connectivity index (χ0) is 14.0. The van der Waals surface area contributed by atoms with E-state index in [9.17, 15) is 9.90 Å². The van der Waals surface area contributed by atoms with E-state index in [1.165, 1.54) is 0 Å². The molecule has 2 aliphatic rings. The number of aromatic nitrogens is 2. The number of nitrogens with zero attached hydrogens (tertiary/aromatic N) is 3. The van der Waals surface area contributed by atoms with Gasteiger partial charge < -0.3 is 15.3 Å². The van der Waals surface area contributed by atoms with E-state index in [0.717, 1.165) is 19.3 Å². The van der Waals surface area contributed by atoms with Crippen molar-refractivity contribution >= 4 is 11.9 Å². The van der Waals surface area contributed by atoms with Crippen molar-refractivity contribution in [2.24, 2.45) is 5.92 Å². The van der Waals surface area contributed by atoms with Gasteiger partial charge in [-0.3, -0.25) is 4.79 Å². The van der Waals surface area contributed by atoms with Gasteiger partial charge in [-0.1, -0.05) is 6.42 Å². The highest BCUT2D eigenvalue weighted by Gasteiger charge is 2.38. The molecule has 6 heteroatoms. The fraction of sp³-hybridized carbons (Fsp3) is 0.643. The predicted molar refractivity (Wildman–Crippen MR) is 74.2 cm³/mol. The molecule has 20 heavy (non-hydrogen) atoms. The normalized spacial score (nSPS) is 26.4. The Labute approximate surface area is 118 Å². The molecule has 0 spiro atoms. The Bertz CT molecular complexity index is 477. The van der Waals surface area contributed by atoms with Crippen LogP contribution >= 0.6 is 0 Å². The number of rotatable bonds is 4. The molecule has 108 valence electrons. The number of nitrogens with one attached hydrogen (secondary N) is 1. The summed E-state index contributed by atoms with van der Waals surface area (Å²) in [6.07, 6.45) is 7.11. The Hall–Kier alpha value is -1.69. The Kier molecular flexibility index (Phi) is 3.56. The van der Waals surface area contributed by atoms with E-state index in [1.54, 1.807) is 18.5 Å². The van der Waals surface area contributed by atoms with Crippen LogP contribution in [0.4, 0.5) is 5.95 Å². The summed E-state index contributed by atoms with van der Waals surface area (Å²) in [6.45, 7) is 1.48. The Balaban J connectivity index is 1.53. The van der Waals surface area contributed by atoms with Crippen molar-refractivity contribution in [2.75, 3.05) is 24.5 Å². The van der Waals surface area contributed by atoms with Gasteiger partial charge >= 0.3 is 0 Å². The Morgan fingerprint density at radius 1 is 1.45 bits per heavy atom. The lowest BCUT2D eigenvalue weighted by molar-refractivity contribution is -0.128. The summed E-state index contributed by atoms with van der Waals surface area (Å²) in [7, 11) is 0. The van der Waals surface area contributed by atoms with E-state index < -0.39 is 5.60 Å². The molecule has 1 atom stereocenters. The average Bonchev–Trinajstić information content (AvgIpc) is 2.79. The summed E-state index contributed by atoms with van der Waals surface area (Å²) >= 11 is 0. The van der Waals surface area contributed by atoms with E-state index in [0.29, 0.717) is 32.0 Å². The minimum Gasteiger partial charge on any atom is -0.386 e. The number of β-amino-alcohol motifs (C(OH)–C–C–N with tert-alkyl or cyclic N) is 1. The molecule has 0 radical (unpaired) electrons. The van der Waals surface area contributed by atoms with Gasteiger partial charge in [0.15, 0.2) is 0 Å². The standard InChI is InChI=1S/C14H20N4O2/c19-12(11-3-1-4-11)17-9-14(20)5-8-18(10-14)13-15-6-2-7-16-13/h2,6-7,11,20H,1,3-5,8-10H2,(H,17,19). The molecule has 1 aromatic heterocycles. The first kappa shape index (κ1) is 13.3. The highest BCUT2D eigenvalue weighted by Crippen LogP contribution is 2.27. The first-order valence-electron chi connectivity index (χ1n) is 7.18. The molecule has 2 fully saturated rings. The molecule has 2 heterocycles. The van der Waals surface area contributed by atoms with Crippen LogP contribution in [-0.2, 0) is 4.79 Å². The SMILES string of the molecule is O=C(NCC1(O)CCN(c2ncccn2)C1)C1CCC1. The number of anilines is 1. The molecule has 0 bridgehead atoms. The van der Waals surface area contributed by atoms with Crippen LogP contribution in [0.25, 0.3) is 0 Å². The molecular weight excluding hydrogens is 256 g/mol. The summed E-state index contributed by atoms with van der Waals surface area (Å²) < 4.78 is 0. The maximum Gasteiger partial charge on any atom is 0.225 e. The van der Waals surface area contributed by atoms with Gasteiger partial charge in [0.05, 0.1) is 6.54 Å². The van der Waals surface area contributed by atoms with E-state index in [2.05, 4.69) is 15.3 Å². The smallest absolute Gasteiger partial charge is 0.225 e. The van der Waals surface area contributed by atoms with Gasteiger partial charge in [-0.15, -0.1) is 0 Å². The molecule has 3 rings (SSSR count). The number of carbonyl (C=O) groups is 1. The molecule has 0 aromatic carbocycles. The monoisotopic (exact) mass is 276 g/mol. The van der Waals surface area contributed by atoms with E-state index >= 15 is 0 Å². The van der Waals surface area contributed by atoms with Crippen molar-refractivity contribution in [3.63, 3.8) is 0 Å².